The van der Waals surface area contributed by atoms with Crippen LogP contribution in [0.2, 0.25) is 0 Å². The Balaban J connectivity index is 0.000000127. The number of para-hydroxylation sites is 6. The van der Waals surface area contributed by atoms with Gasteiger partial charge in [0.2, 0.25) is 0 Å². The van der Waals surface area contributed by atoms with E-state index in [-0.39, 0.29) is 20.4 Å². The van der Waals surface area contributed by atoms with Gasteiger partial charge >= 0.3 is 0 Å². The molecule has 0 bridgehead atoms. The van der Waals surface area contributed by atoms with Gasteiger partial charge in [-0.3, -0.25) is 34.5 Å². The van der Waals surface area contributed by atoms with Crippen LogP contribution in [0.4, 0.5) is 17.1 Å². The Morgan fingerprint density at radius 3 is 1.16 bits per heavy atom. The van der Waals surface area contributed by atoms with Crippen LogP contribution in [0.3, 0.4) is 0 Å². The molecule has 13 aromatic carbocycles. The number of nitrogens with two attached hydrogens (primary N) is 1. The van der Waals surface area contributed by atoms with Gasteiger partial charge in [0.1, 0.15) is 0 Å². The third-order valence-electron chi connectivity index (χ3n) is 19.7. The second kappa shape index (κ2) is 43.6. The van der Waals surface area contributed by atoms with Gasteiger partial charge in [-0.1, -0.05) is 186 Å². The molecule has 6 N–H and O–H groups in total. The molecule has 22 rings (SSSR count). The molecular formula is C102H77Br3I3N11O4Pd. The number of carboxylic acids is 2. The van der Waals surface area contributed by atoms with Gasteiger partial charge in [0.15, 0.2) is 0 Å². The first kappa shape index (κ1) is 90.2. The summed E-state index contributed by atoms with van der Waals surface area (Å²) in [6.45, 7) is 2.17. The first-order valence-corrected chi connectivity index (χ1v) is 44.4. The van der Waals surface area contributed by atoms with E-state index in [0.29, 0.717) is 0 Å². The normalized spacial score (nSPS) is 10.6. The largest absolute Gasteiger partial charge is 0.481 e. The summed E-state index contributed by atoms with van der Waals surface area (Å²) in [6, 6.07) is 115. The number of aromatic amines is 1. The maximum absolute atomic E-state index is 9.00. The van der Waals surface area contributed by atoms with Crippen LogP contribution >= 0.6 is 116 Å². The number of H-pyrrole nitrogens is 1. The average molecular weight is 2250 g/mol. The Kier molecular flexibility index (Phi) is 31.7. The maximum atomic E-state index is 9.00. The molecule has 0 aliphatic heterocycles. The second-order valence-corrected chi connectivity index (χ2v) is 34.2. The number of benzene rings is 13. The molecule has 0 radical (unpaired) electrons. The zero-order chi connectivity index (χ0) is 85.7. The van der Waals surface area contributed by atoms with Crippen LogP contribution < -0.4 is 11.1 Å². The minimum Gasteiger partial charge on any atom is -0.481 e. The number of halogens is 6. The summed E-state index contributed by atoms with van der Waals surface area (Å²) in [7, 11) is 0. The molecule has 0 atom stereocenters. The first-order chi connectivity index (χ1) is 59.9. The smallest absolute Gasteiger partial charge is 0.300 e. The SMILES string of the molecule is Brc1ccc(-c2cnccn2)cc1.Brc1cnccc1Nc1ccc(-n2c3ccccc3c3ccccc32)cc1.CC(=O)O.CC(=O)O.Ic1ccc(-n2c3ccccc3c3ccccc32)cc1.Ic1ccc(I)cc1.Nc1ccncc1Br.[Pd].c1ccc2c(c1)Cc1ccccc1-2.c1ccc2c(c1)c1ccccc1n2-c1ccc2[nH]c3ccncc3c2c1. The average Bonchev–Trinajstić information content (AvgIpc) is 1.60. The Labute approximate surface area is 796 Å². The molecule has 616 valence electrons. The molecule has 0 saturated carbocycles. The van der Waals surface area contributed by atoms with Crippen molar-refractivity contribution in [2.24, 2.45) is 0 Å². The number of anilines is 3. The third kappa shape index (κ3) is 22.5. The molecule has 1 aliphatic rings. The molecule has 21 aromatic rings. The number of rotatable bonds is 6. The van der Waals surface area contributed by atoms with Crippen molar-refractivity contribution in [3.8, 4) is 39.4 Å². The molecular weight excluding hydrogens is 2170 g/mol. The summed E-state index contributed by atoms with van der Waals surface area (Å²) in [5.74, 6) is -1.67. The van der Waals surface area contributed by atoms with Crippen molar-refractivity contribution in [2.75, 3.05) is 11.1 Å². The van der Waals surface area contributed by atoms with Crippen molar-refractivity contribution >= 4 is 232 Å². The molecule has 0 fully saturated rings. The standard InChI is InChI=1S/C23H16BrN3.C23H15N3.C18H12IN.C13H10.C10H7BrN2.C6H4I2.C5H5BrN2.2C2H4O2.Pd/c24-20-15-25-14-13-21(20)26-16-9-11-17(12-10-16)27-22-7-3-1-5-18(22)19-6-2-4-8-23(19)27;1-3-7-22-16(5-1)17-6-2-4-8-23(17)26(22)15-9-10-20-18(13-15)19-14-24-12-11-21(19)25-20;19-13-9-11-14(12-10-13)20-17-7-3-1-5-15(17)16-6-2-4-8-18(16)20;1-3-7-12-10(5-1)9-11-6-2-4-8-13(11)12;11-9-3-1-8(2-4-9)10-7-12-5-6-13-10;7-5-1-2-6(8)4-3-5;6-4-3-8-2-1-5(4)7;2*1-2(3)4;/h1-15H,(H,25,26);1-14,25H;1-12H;1-8H,9H2;1-7H;1-4H;1-3H,(H2,7,8);2*1H3,(H,3,4);. The van der Waals surface area contributed by atoms with Crippen molar-refractivity contribution in [3.05, 3.63) is 419 Å². The van der Waals surface area contributed by atoms with Crippen molar-refractivity contribution in [1.82, 2.24) is 43.6 Å². The second-order valence-electron chi connectivity index (χ2n) is 27.8. The van der Waals surface area contributed by atoms with Crippen LogP contribution in [0.1, 0.15) is 25.0 Å². The fourth-order valence-corrected chi connectivity index (χ4v) is 16.3. The molecule has 0 unspecified atom stereocenters. The Morgan fingerprint density at radius 1 is 0.379 bits per heavy atom. The van der Waals surface area contributed by atoms with Crippen LogP contribution in [0.15, 0.2) is 397 Å². The van der Waals surface area contributed by atoms with Crippen LogP contribution in [0.5, 0.6) is 0 Å². The monoisotopic (exact) mass is 2240 g/mol. The van der Waals surface area contributed by atoms with E-state index in [1.165, 1.54) is 115 Å². The maximum Gasteiger partial charge on any atom is 0.300 e. The predicted molar refractivity (Wildman–Crippen MR) is 542 cm³/mol. The molecule has 0 saturated heterocycles. The summed E-state index contributed by atoms with van der Waals surface area (Å²) < 4.78 is 13.7. The molecule has 1 aliphatic carbocycles. The zero-order valence-corrected chi connectivity index (χ0v) is 79.3. The number of hydrogen-bond donors (Lipinski definition) is 5. The molecule has 0 spiro atoms. The van der Waals surface area contributed by atoms with E-state index < -0.39 is 11.9 Å². The summed E-state index contributed by atoms with van der Waals surface area (Å²) >= 11 is 17.0. The van der Waals surface area contributed by atoms with E-state index in [9.17, 15) is 0 Å². The number of aliphatic carboxylic acids is 2. The van der Waals surface area contributed by atoms with E-state index in [2.05, 4.69) is 450 Å². The van der Waals surface area contributed by atoms with Crippen molar-refractivity contribution in [1.29, 1.82) is 0 Å². The fraction of sp³-hybridized carbons (Fsp3) is 0.0294. The van der Waals surface area contributed by atoms with Crippen LogP contribution in [0.25, 0.3) is 127 Å². The quantitative estimate of drug-likeness (QED) is 0.0782. The number of hydrogen-bond acceptors (Lipinski definition) is 9. The number of nitrogen functional groups attached to an aromatic ring is 1. The van der Waals surface area contributed by atoms with Crippen molar-refractivity contribution < 1.29 is 40.2 Å². The predicted octanol–water partition coefficient (Wildman–Crippen LogP) is 28.6. The van der Waals surface area contributed by atoms with Crippen LogP contribution in [-0.4, -0.2) is 65.8 Å². The summed E-state index contributed by atoms with van der Waals surface area (Å²) in [5, 5.41) is 28.3. The van der Waals surface area contributed by atoms with Gasteiger partial charge in [-0.2, -0.15) is 0 Å². The van der Waals surface area contributed by atoms with Gasteiger partial charge in [0, 0.05) is 187 Å². The van der Waals surface area contributed by atoms with Crippen molar-refractivity contribution in [3.63, 3.8) is 0 Å². The summed E-state index contributed by atoms with van der Waals surface area (Å²) in [4.78, 5) is 41.9. The number of carboxylic acid groups (broad SMARTS) is 2. The molecule has 8 aromatic heterocycles. The van der Waals surface area contributed by atoms with Crippen LogP contribution in [0, 0.1) is 10.7 Å². The summed E-state index contributed by atoms with van der Waals surface area (Å²) in [5.41, 5.74) is 29.1. The van der Waals surface area contributed by atoms with Gasteiger partial charge in [-0.05, 0) is 286 Å². The molecule has 8 heterocycles. The molecule has 124 heavy (non-hydrogen) atoms. The zero-order valence-electron chi connectivity index (χ0n) is 66.5. The van der Waals surface area contributed by atoms with E-state index in [4.69, 9.17) is 25.5 Å². The van der Waals surface area contributed by atoms with Gasteiger partial charge in [0.25, 0.3) is 11.9 Å². The number of aromatic nitrogens is 9. The van der Waals surface area contributed by atoms with Gasteiger partial charge in [-0.15, -0.1) is 0 Å². The van der Waals surface area contributed by atoms with E-state index in [1.54, 1.807) is 49.4 Å². The minimum absolute atomic E-state index is 0. The van der Waals surface area contributed by atoms with E-state index in [0.717, 1.165) is 84.1 Å². The Morgan fingerprint density at radius 2 is 0.742 bits per heavy atom. The fourth-order valence-electron chi connectivity index (χ4n) is 14.3. The number of nitrogens with one attached hydrogen (secondary N) is 2. The third-order valence-corrected chi connectivity index (χ3v) is 23.6. The van der Waals surface area contributed by atoms with Crippen LogP contribution in [-0.2, 0) is 36.4 Å². The first-order valence-electron chi connectivity index (χ1n) is 38.8. The van der Waals surface area contributed by atoms with Gasteiger partial charge in [0.05, 0.1) is 59.6 Å². The number of carbonyl (C=O) groups is 2. The van der Waals surface area contributed by atoms with E-state index in [1.807, 2.05) is 48.8 Å². The summed E-state index contributed by atoms with van der Waals surface area (Å²) in [6.07, 6.45) is 16.9. The Hall–Kier alpha value is -11.6. The Bertz CT molecular complexity index is 6960. The number of pyridine rings is 3. The number of nitrogens with zero attached hydrogens (tertiary/aromatic N) is 8. The van der Waals surface area contributed by atoms with Gasteiger partial charge in [-0.25, -0.2) is 0 Å². The van der Waals surface area contributed by atoms with Gasteiger partial charge < -0.3 is 39.9 Å². The van der Waals surface area contributed by atoms with E-state index >= 15 is 0 Å². The topological polar surface area (TPSA) is 208 Å². The van der Waals surface area contributed by atoms with Crippen molar-refractivity contribution in [2.45, 2.75) is 20.3 Å². The molecule has 22 heteroatoms. The molecule has 0 amide bonds. The molecule has 15 nitrogen and oxygen atoms in total. The number of fused-ring (bicyclic) bond motifs is 15. The minimum atomic E-state index is -0.833.